The van der Waals surface area contributed by atoms with Crippen molar-refractivity contribution < 1.29 is 0 Å². The van der Waals surface area contributed by atoms with Crippen LogP contribution in [0.2, 0.25) is 0 Å². The zero-order chi connectivity index (χ0) is 8.28. The molecular weight excluding hydrogens is 134 g/mol. The molecule has 62 valence electrons. The first kappa shape index (κ1) is 7.35. The van der Waals surface area contributed by atoms with Crippen LogP contribution < -0.4 is 5.73 Å². The van der Waals surface area contributed by atoms with Gasteiger partial charge in [0.05, 0.1) is 0 Å². The van der Waals surface area contributed by atoms with E-state index in [1.807, 2.05) is 0 Å². The maximum Gasteiger partial charge on any atom is 0.0374 e. The Morgan fingerprint density at radius 1 is 1.55 bits per heavy atom. The number of fused-ring (bicyclic) bond motifs is 2. The van der Waals surface area contributed by atoms with Gasteiger partial charge in [0.15, 0.2) is 0 Å². The summed E-state index contributed by atoms with van der Waals surface area (Å²) in [7, 11) is 0. The molecule has 2 bridgehead atoms. The summed E-state index contributed by atoms with van der Waals surface area (Å²) < 4.78 is 0. The van der Waals surface area contributed by atoms with E-state index in [0.29, 0.717) is 5.41 Å². The smallest absolute Gasteiger partial charge is 0.0374 e. The molecule has 0 spiro atoms. The zero-order valence-electron chi connectivity index (χ0n) is 7.48. The van der Waals surface area contributed by atoms with Gasteiger partial charge in [-0.05, 0) is 30.6 Å². The molecule has 2 rings (SSSR count). The standard InChI is InChI=1S/C10H17N/c1-7-9(2,3)8-4-5-10(7,11)6-8/h8H,1,4-6,11H2,2-3H3/t8-,10+/m0/s1. The lowest BCUT2D eigenvalue weighted by molar-refractivity contribution is 0.285. The molecule has 2 aliphatic rings. The fourth-order valence-electron chi connectivity index (χ4n) is 2.85. The van der Waals surface area contributed by atoms with Crippen molar-refractivity contribution in [1.82, 2.24) is 0 Å². The molecule has 0 aromatic heterocycles. The molecule has 0 aromatic rings. The van der Waals surface area contributed by atoms with E-state index in [2.05, 4.69) is 20.4 Å². The third-order valence-corrected chi connectivity index (χ3v) is 3.95. The highest BCUT2D eigenvalue weighted by atomic mass is 14.8. The van der Waals surface area contributed by atoms with E-state index in [-0.39, 0.29) is 5.54 Å². The van der Waals surface area contributed by atoms with Crippen molar-refractivity contribution in [3.63, 3.8) is 0 Å². The third kappa shape index (κ3) is 0.698. The minimum absolute atomic E-state index is 0.00810. The van der Waals surface area contributed by atoms with Crippen molar-refractivity contribution in [3.05, 3.63) is 12.2 Å². The second-order valence-electron chi connectivity index (χ2n) is 4.80. The van der Waals surface area contributed by atoms with Crippen LogP contribution in [-0.4, -0.2) is 5.54 Å². The summed E-state index contributed by atoms with van der Waals surface area (Å²) in [5.74, 6) is 0.806. The minimum Gasteiger partial charge on any atom is -0.322 e. The molecule has 2 aliphatic carbocycles. The Labute approximate surface area is 68.7 Å². The monoisotopic (exact) mass is 151 g/mol. The molecular formula is C10H17N. The molecule has 0 aliphatic heterocycles. The maximum absolute atomic E-state index is 6.22. The molecule has 2 saturated carbocycles. The van der Waals surface area contributed by atoms with Crippen molar-refractivity contribution in [2.45, 2.75) is 38.6 Å². The Morgan fingerprint density at radius 2 is 2.18 bits per heavy atom. The topological polar surface area (TPSA) is 26.0 Å². The molecule has 1 heteroatoms. The van der Waals surface area contributed by atoms with Gasteiger partial charge >= 0.3 is 0 Å². The fraction of sp³-hybridized carbons (Fsp3) is 0.800. The van der Waals surface area contributed by atoms with Crippen molar-refractivity contribution in [3.8, 4) is 0 Å². The van der Waals surface area contributed by atoms with Crippen LogP contribution in [0.1, 0.15) is 33.1 Å². The average molecular weight is 151 g/mol. The van der Waals surface area contributed by atoms with Crippen LogP contribution in [-0.2, 0) is 0 Å². The summed E-state index contributed by atoms with van der Waals surface area (Å²) in [6.45, 7) is 8.71. The van der Waals surface area contributed by atoms with Gasteiger partial charge in [-0.2, -0.15) is 0 Å². The molecule has 0 heterocycles. The van der Waals surface area contributed by atoms with Crippen molar-refractivity contribution in [1.29, 1.82) is 0 Å². The number of hydrogen-bond acceptors (Lipinski definition) is 1. The van der Waals surface area contributed by atoms with Crippen LogP contribution >= 0.6 is 0 Å². The van der Waals surface area contributed by atoms with E-state index in [4.69, 9.17) is 5.73 Å². The van der Waals surface area contributed by atoms with Gasteiger partial charge in [0.2, 0.25) is 0 Å². The predicted molar refractivity (Wildman–Crippen MR) is 47.2 cm³/mol. The van der Waals surface area contributed by atoms with Crippen LogP contribution in [0, 0.1) is 11.3 Å². The number of nitrogens with two attached hydrogens (primary N) is 1. The average Bonchev–Trinajstić information content (AvgIpc) is 2.36. The summed E-state index contributed by atoms with van der Waals surface area (Å²) in [5.41, 5.74) is 7.83. The molecule has 0 saturated heterocycles. The molecule has 0 amide bonds. The molecule has 2 fully saturated rings. The summed E-state index contributed by atoms with van der Waals surface area (Å²) >= 11 is 0. The third-order valence-electron chi connectivity index (χ3n) is 3.95. The molecule has 2 N–H and O–H groups in total. The molecule has 1 nitrogen and oxygen atoms in total. The van der Waals surface area contributed by atoms with Gasteiger partial charge in [-0.25, -0.2) is 0 Å². The molecule has 2 atom stereocenters. The molecule has 11 heavy (non-hydrogen) atoms. The highest BCUT2D eigenvalue weighted by Gasteiger charge is 2.55. The Morgan fingerprint density at radius 3 is 2.45 bits per heavy atom. The summed E-state index contributed by atoms with van der Waals surface area (Å²) in [4.78, 5) is 0. The second kappa shape index (κ2) is 1.71. The van der Waals surface area contributed by atoms with Gasteiger partial charge in [-0.3, -0.25) is 0 Å². The van der Waals surface area contributed by atoms with Gasteiger partial charge in [0, 0.05) is 5.54 Å². The predicted octanol–water partition coefficient (Wildman–Crippen LogP) is 2.08. The van der Waals surface area contributed by atoms with Crippen LogP contribution in [0.5, 0.6) is 0 Å². The first-order valence-corrected chi connectivity index (χ1v) is 4.45. The van der Waals surface area contributed by atoms with Gasteiger partial charge in [0.1, 0.15) is 0 Å². The Hall–Kier alpha value is -0.300. The number of rotatable bonds is 0. The first-order valence-electron chi connectivity index (χ1n) is 4.45. The normalized spacial score (nSPS) is 46.8. The Balaban J connectivity index is 2.42. The highest BCUT2D eigenvalue weighted by Crippen LogP contribution is 2.59. The fourth-order valence-corrected chi connectivity index (χ4v) is 2.85. The van der Waals surface area contributed by atoms with Crippen LogP contribution in [0.15, 0.2) is 12.2 Å². The van der Waals surface area contributed by atoms with Crippen LogP contribution in [0.25, 0.3) is 0 Å². The van der Waals surface area contributed by atoms with Crippen LogP contribution in [0.4, 0.5) is 0 Å². The van der Waals surface area contributed by atoms with E-state index in [1.165, 1.54) is 24.8 Å². The van der Waals surface area contributed by atoms with E-state index in [0.717, 1.165) is 5.92 Å². The number of hydrogen-bond donors (Lipinski definition) is 1. The lowest BCUT2D eigenvalue weighted by Crippen LogP contribution is -2.40. The van der Waals surface area contributed by atoms with Gasteiger partial charge < -0.3 is 5.73 Å². The molecule has 0 unspecified atom stereocenters. The second-order valence-corrected chi connectivity index (χ2v) is 4.80. The summed E-state index contributed by atoms with van der Waals surface area (Å²) in [6.07, 6.45) is 3.65. The van der Waals surface area contributed by atoms with Crippen molar-refractivity contribution in [2.75, 3.05) is 0 Å². The SMILES string of the molecule is C=C1C(C)(C)[C@H]2CC[C@@]1(N)C2. The van der Waals surface area contributed by atoms with E-state index in [1.54, 1.807) is 0 Å². The minimum atomic E-state index is 0.00810. The van der Waals surface area contributed by atoms with Gasteiger partial charge in [-0.1, -0.05) is 26.0 Å². The highest BCUT2D eigenvalue weighted by molar-refractivity contribution is 5.33. The quantitative estimate of drug-likeness (QED) is 0.527. The summed E-state index contributed by atoms with van der Waals surface area (Å²) in [5, 5.41) is 0. The molecule has 0 radical (unpaired) electrons. The van der Waals surface area contributed by atoms with Gasteiger partial charge in [0.25, 0.3) is 0 Å². The Kier molecular flexibility index (Phi) is 1.15. The lowest BCUT2D eigenvalue weighted by atomic mass is 9.72. The van der Waals surface area contributed by atoms with E-state index >= 15 is 0 Å². The lowest BCUT2D eigenvalue weighted by Gasteiger charge is -2.35. The Bertz CT molecular complexity index is 210. The van der Waals surface area contributed by atoms with Crippen LogP contribution in [0.3, 0.4) is 0 Å². The van der Waals surface area contributed by atoms with E-state index in [9.17, 15) is 0 Å². The molecule has 0 aromatic carbocycles. The first-order chi connectivity index (χ1) is 4.97. The zero-order valence-corrected chi connectivity index (χ0v) is 7.48. The van der Waals surface area contributed by atoms with Gasteiger partial charge in [-0.15, -0.1) is 0 Å². The largest absolute Gasteiger partial charge is 0.322 e. The van der Waals surface area contributed by atoms with E-state index < -0.39 is 0 Å². The van der Waals surface area contributed by atoms with Crippen molar-refractivity contribution in [2.24, 2.45) is 17.1 Å². The summed E-state index contributed by atoms with van der Waals surface area (Å²) in [6, 6.07) is 0. The maximum atomic E-state index is 6.22. The van der Waals surface area contributed by atoms with Crippen molar-refractivity contribution >= 4 is 0 Å².